The van der Waals surface area contributed by atoms with Gasteiger partial charge < -0.3 is 4.57 Å². The Hall–Kier alpha value is -2.46. The molecule has 2 aromatic carbocycles. The van der Waals surface area contributed by atoms with Gasteiger partial charge in [0.2, 0.25) is 0 Å². The van der Waals surface area contributed by atoms with Crippen LogP contribution >= 0.6 is 15.9 Å². The van der Waals surface area contributed by atoms with Crippen LogP contribution in [0.4, 0.5) is 0 Å². The summed E-state index contributed by atoms with van der Waals surface area (Å²) in [5.41, 5.74) is 3.07. The molecule has 4 rings (SSSR count). The van der Waals surface area contributed by atoms with Crippen molar-refractivity contribution in [1.29, 1.82) is 0 Å². The summed E-state index contributed by atoms with van der Waals surface area (Å²) in [5.74, 6) is 0. The zero-order chi connectivity index (χ0) is 16.0. The van der Waals surface area contributed by atoms with Gasteiger partial charge in [0.1, 0.15) is 0 Å². The largest absolute Gasteiger partial charge is 0.311 e. The fourth-order valence-electron chi connectivity index (χ4n) is 2.85. The summed E-state index contributed by atoms with van der Waals surface area (Å²) in [6, 6.07) is 19.6. The minimum Gasteiger partial charge on any atom is -0.311 e. The van der Waals surface area contributed by atoms with Crippen LogP contribution in [0.3, 0.4) is 0 Å². The summed E-state index contributed by atoms with van der Waals surface area (Å²) in [6.07, 6.45) is 0. The van der Waals surface area contributed by atoms with Gasteiger partial charge in [-0.05, 0) is 36.4 Å². The first kappa shape index (κ1) is 14.2. The molecular formula is C19H13BrN2O. The van der Waals surface area contributed by atoms with Crippen LogP contribution in [-0.2, 0) is 7.05 Å². The number of rotatable bonds is 1. The van der Waals surface area contributed by atoms with Gasteiger partial charge in [-0.3, -0.25) is 4.79 Å². The number of para-hydroxylation sites is 1. The molecule has 0 aliphatic heterocycles. The second-order valence-corrected chi connectivity index (χ2v) is 6.43. The predicted octanol–water partition coefficient (Wildman–Crippen LogP) is 4.52. The predicted molar refractivity (Wildman–Crippen MR) is 97.6 cm³/mol. The molecule has 2 aromatic heterocycles. The molecule has 0 aliphatic rings. The van der Waals surface area contributed by atoms with Gasteiger partial charge in [0.25, 0.3) is 5.56 Å². The van der Waals surface area contributed by atoms with E-state index in [1.807, 2.05) is 60.7 Å². The first-order valence-electron chi connectivity index (χ1n) is 7.29. The lowest BCUT2D eigenvalue weighted by molar-refractivity contribution is 0.907. The highest BCUT2D eigenvalue weighted by molar-refractivity contribution is 9.10. The average molecular weight is 365 g/mol. The Kier molecular flexibility index (Phi) is 3.27. The number of hydrogen-bond donors (Lipinski definition) is 0. The molecule has 0 aliphatic carbocycles. The first-order valence-corrected chi connectivity index (χ1v) is 8.08. The molecule has 0 N–H and O–H groups in total. The minimum absolute atomic E-state index is 0.0393. The number of nitrogens with zero attached hydrogens (tertiary/aromatic N) is 2. The Bertz CT molecular complexity index is 1120. The van der Waals surface area contributed by atoms with E-state index < -0.39 is 0 Å². The van der Waals surface area contributed by atoms with Crippen LogP contribution in [-0.4, -0.2) is 9.55 Å². The van der Waals surface area contributed by atoms with E-state index in [1.54, 1.807) is 11.6 Å². The zero-order valence-corrected chi connectivity index (χ0v) is 14.0. The topological polar surface area (TPSA) is 34.9 Å². The zero-order valence-electron chi connectivity index (χ0n) is 12.5. The molecule has 0 atom stereocenters. The summed E-state index contributed by atoms with van der Waals surface area (Å²) in [4.78, 5) is 17.4. The molecule has 0 fully saturated rings. The third kappa shape index (κ3) is 2.35. The van der Waals surface area contributed by atoms with Crippen molar-refractivity contribution in [2.24, 2.45) is 7.05 Å². The number of hydrogen-bond acceptors (Lipinski definition) is 2. The number of pyridine rings is 2. The summed E-state index contributed by atoms with van der Waals surface area (Å²) in [5, 5.41) is 2.07. The van der Waals surface area contributed by atoms with Gasteiger partial charge in [-0.1, -0.05) is 40.2 Å². The highest BCUT2D eigenvalue weighted by Crippen LogP contribution is 2.24. The van der Waals surface area contributed by atoms with E-state index in [0.29, 0.717) is 11.3 Å². The molecule has 0 saturated heterocycles. The Morgan fingerprint density at radius 3 is 2.65 bits per heavy atom. The molecule has 2 heterocycles. The maximum atomic E-state index is 12.7. The molecule has 0 unspecified atom stereocenters. The molecular weight excluding hydrogens is 352 g/mol. The van der Waals surface area contributed by atoms with Crippen LogP contribution in [0.5, 0.6) is 0 Å². The maximum absolute atomic E-state index is 12.7. The van der Waals surface area contributed by atoms with Gasteiger partial charge in [-0.15, -0.1) is 0 Å². The lowest BCUT2D eigenvalue weighted by atomic mass is 10.1. The van der Waals surface area contributed by atoms with Gasteiger partial charge in [-0.2, -0.15) is 0 Å². The van der Waals surface area contributed by atoms with Crippen molar-refractivity contribution in [3.05, 3.63) is 75.5 Å². The molecule has 3 nitrogen and oxygen atoms in total. The molecule has 4 heteroatoms. The van der Waals surface area contributed by atoms with Crippen molar-refractivity contribution >= 4 is 37.7 Å². The molecule has 0 amide bonds. The molecule has 0 radical (unpaired) electrons. The van der Waals surface area contributed by atoms with Crippen molar-refractivity contribution < 1.29 is 0 Å². The molecule has 112 valence electrons. The van der Waals surface area contributed by atoms with Gasteiger partial charge >= 0.3 is 0 Å². The van der Waals surface area contributed by atoms with E-state index >= 15 is 0 Å². The standard InChI is InChI=1S/C19H13BrN2O/c1-22-18-9-7-14(20)10-13(18)11-15(19(22)23)17-8-6-12-4-2-3-5-16(12)21-17/h2-11H,1H3. The number of aryl methyl sites for hydroxylation is 1. The summed E-state index contributed by atoms with van der Waals surface area (Å²) < 4.78 is 2.66. The van der Waals surface area contributed by atoms with E-state index in [0.717, 1.165) is 26.3 Å². The van der Waals surface area contributed by atoms with Crippen LogP contribution in [0.15, 0.2) is 69.9 Å². The maximum Gasteiger partial charge on any atom is 0.260 e. The van der Waals surface area contributed by atoms with Crippen molar-refractivity contribution in [3.63, 3.8) is 0 Å². The molecule has 0 saturated carbocycles. The van der Waals surface area contributed by atoms with Gasteiger partial charge in [-0.25, -0.2) is 4.98 Å². The third-order valence-electron chi connectivity index (χ3n) is 4.06. The Morgan fingerprint density at radius 2 is 1.78 bits per heavy atom. The Labute approximate surface area is 141 Å². The fourth-order valence-corrected chi connectivity index (χ4v) is 3.23. The summed E-state index contributed by atoms with van der Waals surface area (Å²) in [7, 11) is 1.79. The Balaban J connectivity index is 2.03. The van der Waals surface area contributed by atoms with E-state index in [9.17, 15) is 4.79 Å². The quantitative estimate of drug-likeness (QED) is 0.497. The molecule has 0 spiro atoms. The smallest absolute Gasteiger partial charge is 0.260 e. The first-order chi connectivity index (χ1) is 11.1. The van der Waals surface area contributed by atoms with Crippen molar-refractivity contribution in [1.82, 2.24) is 9.55 Å². The number of halogens is 1. The van der Waals surface area contributed by atoms with Gasteiger partial charge in [0.05, 0.1) is 22.3 Å². The van der Waals surface area contributed by atoms with Crippen LogP contribution < -0.4 is 5.56 Å². The van der Waals surface area contributed by atoms with Crippen molar-refractivity contribution in [3.8, 4) is 11.3 Å². The van der Waals surface area contributed by atoms with E-state index in [-0.39, 0.29) is 5.56 Å². The average Bonchev–Trinajstić information content (AvgIpc) is 2.57. The van der Waals surface area contributed by atoms with E-state index in [1.165, 1.54) is 0 Å². The van der Waals surface area contributed by atoms with Crippen LogP contribution in [0, 0.1) is 0 Å². The number of benzene rings is 2. The molecule has 23 heavy (non-hydrogen) atoms. The van der Waals surface area contributed by atoms with E-state index in [2.05, 4.69) is 20.9 Å². The minimum atomic E-state index is -0.0393. The van der Waals surface area contributed by atoms with E-state index in [4.69, 9.17) is 0 Å². The summed E-state index contributed by atoms with van der Waals surface area (Å²) in [6.45, 7) is 0. The Morgan fingerprint density at radius 1 is 0.957 bits per heavy atom. The normalized spacial score (nSPS) is 11.2. The lowest BCUT2D eigenvalue weighted by Gasteiger charge is -2.09. The molecule has 0 bridgehead atoms. The van der Waals surface area contributed by atoms with Crippen LogP contribution in [0.2, 0.25) is 0 Å². The second kappa shape index (κ2) is 5.32. The number of aromatic nitrogens is 2. The lowest BCUT2D eigenvalue weighted by Crippen LogP contribution is -2.19. The fraction of sp³-hybridized carbons (Fsp3) is 0.0526. The second-order valence-electron chi connectivity index (χ2n) is 5.51. The van der Waals surface area contributed by atoms with Gasteiger partial charge in [0, 0.05) is 22.3 Å². The van der Waals surface area contributed by atoms with Crippen LogP contribution in [0.25, 0.3) is 33.1 Å². The SMILES string of the molecule is Cn1c(=O)c(-c2ccc3ccccc3n2)cc2cc(Br)ccc21. The monoisotopic (exact) mass is 364 g/mol. The van der Waals surface area contributed by atoms with Crippen molar-refractivity contribution in [2.45, 2.75) is 0 Å². The van der Waals surface area contributed by atoms with Gasteiger partial charge in [0.15, 0.2) is 0 Å². The highest BCUT2D eigenvalue weighted by Gasteiger charge is 2.11. The summed E-state index contributed by atoms with van der Waals surface area (Å²) >= 11 is 3.49. The third-order valence-corrected chi connectivity index (χ3v) is 4.55. The highest BCUT2D eigenvalue weighted by atomic mass is 79.9. The van der Waals surface area contributed by atoms with Crippen molar-refractivity contribution in [2.75, 3.05) is 0 Å². The number of fused-ring (bicyclic) bond motifs is 2. The molecule has 4 aromatic rings. The van der Waals surface area contributed by atoms with Crippen LogP contribution in [0.1, 0.15) is 0 Å².